The summed E-state index contributed by atoms with van der Waals surface area (Å²) in [5, 5.41) is 13.6. The minimum atomic E-state index is -1.08. The van der Waals surface area contributed by atoms with Gasteiger partial charge in [-0.15, -0.1) is 0 Å². The maximum Gasteiger partial charge on any atom is 0.410 e. The number of ether oxygens (including phenoxy) is 2. The first-order chi connectivity index (χ1) is 28.5. The summed E-state index contributed by atoms with van der Waals surface area (Å²) >= 11 is 0. The molecule has 14 heteroatoms. The molecule has 0 aromatic heterocycles. The van der Waals surface area contributed by atoms with E-state index in [0.717, 1.165) is 41.8 Å². The third-order valence-electron chi connectivity index (χ3n) is 11.8. The zero-order chi connectivity index (χ0) is 41.9. The zero-order valence-electron chi connectivity index (χ0n) is 34.6. The Balaban J connectivity index is 1.03. The van der Waals surface area contributed by atoms with Gasteiger partial charge in [0.05, 0.1) is 12.1 Å². The lowest BCUT2D eigenvalue weighted by Crippen LogP contribution is -2.53. The molecule has 59 heavy (non-hydrogen) atoms. The largest absolute Gasteiger partial charge is 0.507 e. The van der Waals surface area contributed by atoms with Crippen molar-refractivity contribution >= 4 is 41.7 Å². The van der Waals surface area contributed by atoms with Crippen LogP contribution in [-0.4, -0.2) is 140 Å². The van der Waals surface area contributed by atoms with Crippen LogP contribution >= 0.6 is 0 Å². The number of benzene rings is 3. The SMILES string of the molecule is CNc1ccccc1CCN(C=O)C1CCN(C(=O)O[C@H](Cc2cc(C)c(O)c(C)c2)C(=O)N2CCN(c3ccc(C(=O)OCCN4CCCCC4=O)cc3)CC2)CC1. The lowest BCUT2D eigenvalue weighted by Gasteiger charge is -2.38. The second-order valence-electron chi connectivity index (χ2n) is 15.7. The van der Waals surface area contributed by atoms with Crippen LogP contribution in [-0.2, 0) is 36.7 Å². The minimum Gasteiger partial charge on any atom is -0.507 e. The van der Waals surface area contributed by atoms with E-state index in [2.05, 4.69) is 16.3 Å². The number of aryl methyl sites for hydroxylation is 2. The molecule has 3 aromatic rings. The first-order valence-electron chi connectivity index (χ1n) is 20.8. The summed E-state index contributed by atoms with van der Waals surface area (Å²) in [6.45, 7) is 8.10. The van der Waals surface area contributed by atoms with Gasteiger partial charge in [-0.3, -0.25) is 14.4 Å². The van der Waals surface area contributed by atoms with Crippen LogP contribution in [0, 0.1) is 13.8 Å². The first-order valence-corrected chi connectivity index (χ1v) is 20.8. The molecule has 6 rings (SSSR count). The predicted octanol–water partition coefficient (Wildman–Crippen LogP) is 4.78. The third kappa shape index (κ3) is 11.0. The summed E-state index contributed by atoms with van der Waals surface area (Å²) in [5.74, 6) is -0.425. The fourth-order valence-corrected chi connectivity index (χ4v) is 8.31. The van der Waals surface area contributed by atoms with Crippen LogP contribution in [0.3, 0.4) is 0 Å². The number of phenols is 1. The Morgan fingerprint density at radius 1 is 0.915 bits per heavy atom. The van der Waals surface area contributed by atoms with Gasteiger partial charge in [-0.2, -0.15) is 0 Å². The van der Waals surface area contributed by atoms with E-state index in [0.29, 0.717) is 101 Å². The molecule has 3 fully saturated rings. The zero-order valence-corrected chi connectivity index (χ0v) is 34.6. The quantitative estimate of drug-likeness (QED) is 0.162. The van der Waals surface area contributed by atoms with Gasteiger partial charge in [0.15, 0.2) is 6.10 Å². The highest BCUT2D eigenvalue weighted by molar-refractivity contribution is 5.90. The normalized spacial score (nSPS) is 16.7. The van der Waals surface area contributed by atoms with Crippen molar-refractivity contribution in [2.24, 2.45) is 0 Å². The number of aromatic hydroxyl groups is 1. The molecular formula is C45H58N6O8. The number of piperazine rings is 1. The van der Waals surface area contributed by atoms with E-state index < -0.39 is 18.2 Å². The predicted molar refractivity (Wildman–Crippen MR) is 225 cm³/mol. The van der Waals surface area contributed by atoms with Crippen LogP contribution in [0.2, 0.25) is 0 Å². The van der Waals surface area contributed by atoms with E-state index in [4.69, 9.17) is 9.47 Å². The average molecular weight is 811 g/mol. The van der Waals surface area contributed by atoms with Crippen molar-refractivity contribution in [3.8, 4) is 5.75 Å². The number of phenolic OH excluding ortho intramolecular Hbond substituents is 1. The molecule has 3 aliphatic rings. The van der Waals surface area contributed by atoms with Gasteiger partial charge in [-0.05, 0) is 98.5 Å². The fraction of sp³-hybridized carbons (Fsp3) is 0.489. The molecule has 14 nitrogen and oxygen atoms in total. The van der Waals surface area contributed by atoms with E-state index in [1.165, 1.54) is 0 Å². The number of para-hydroxylation sites is 1. The second-order valence-corrected chi connectivity index (χ2v) is 15.7. The second kappa shape index (κ2) is 20.3. The Kier molecular flexibility index (Phi) is 14.7. The summed E-state index contributed by atoms with van der Waals surface area (Å²) < 4.78 is 11.5. The molecule has 3 aliphatic heterocycles. The molecule has 4 amide bonds. The minimum absolute atomic E-state index is 0.0117. The van der Waals surface area contributed by atoms with E-state index in [1.54, 1.807) is 40.7 Å². The molecule has 3 aromatic carbocycles. The lowest BCUT2D eigenvalue weighted by atomic mass is 10.0. The summed E-state index contributed by atoms with van der Waals surface area (Å²) in [4.78, 5) is 73.8. The number of piperidine rings is 2. The molecular weight excluding hydrogens is 753 g/mol. The van der Waals surface area contributed by atoms with Crippen molar-refractivity contribution in [2.75, 3.05) is 82.8 Å². The molecule has 3 heterocycles. The number of nitrogens with one attached hydrogen (secondary N) is 1. The Morgan fingerprint density at radius 2 is 1.61 bits per heavy atom. The highest BCUT2D eigenvalue weighted by Gasteiger charge is 2.34. The Hall–Kier alpha value is -5.79. The lowest BCUT2D eigenvalue weighted by molar-refractivity contribution is -0.141. The number of carbonyl (C=O) groups is 5. The van der Waals surface area contributed by atoms with Crippen molar-refractivity contribution in [2.45, 2.75) is 70.9 Å². The van der Waals surface area contributed by atoms with E-state index in [1.807, 2.05) is 54.4 Å². The van der Waals surface area contributed by atoms with E-state index in [9.17, 15) is 29.1 Å². The smallest absolute Gasteiger partial charge is 0.410 e. The monoisotopic (exact) mass is 810 g/mol. The van der Waals surface area contributed by atoms with Crippen molar-refractivity contribution in [3.05, 3.63) is 88.5 Å². The molecule has 0 aliphatic carbocycles. The molecule has 2 N–H and O–H groups in total. The van der Waals surface area contributed by atoms with Gasteiger partial charge in [0.2, 0.25) is 12.3 Å². The highest BCUT2D eigenvalue weighted by atomic mass is 16.6. The first kappa shape index (κ1) is 42.8. The molecule has 1 atom stereocenters. The third-order valence-corrected chi connectivity index (χ3v) is 11.8. The van der Waals surface area contributed by atoms with Crippen LogP contribution in [0.5, 0.6) is 5.75 Å². The number of rotatable bonds is 15. The van der Waals surface area contributed by atoms with Crippen LogP contribution in [0.25, 0.3) is 0 Å². The van der Waals surface area contributed by atoms with Crippen molar-refractivity contribution in [1.82, 2.24) is 19.6 Å². The maximum atomic E-state index is 14.2. The summed E-state index contributed by atoms with van der Waals surface area (Å²) in [6.07, 6.45) is 3.73. The van der Waals surface area contributed by atoms with Crippen molar-refractivity contribution in [3.63, 3.8) is 0 Å². The van der Waals surface area contributed by atoms with Crippen LogP contribution in [0.4, 0.5) is 16.2 Å². The number of hydrogen-bond acceptors (Lipinski definition) is 10. The topological polar surface area (TPSA) is 152 Å². The molecule has 0 radical (unpaired) electrons. The van der Waals surface area contributed by atoms with Gasteiger partial charge in [0, 0.05) is 89.7 Å². The van der Waals surface area contributed by atoms with Crippen LogP contribution < -0.4 is 10.2 Å². The van der Waals surface area contributed by atoms with Gasteiger partial charge in [-0.25, -0.2) is 9.59 Å². The number of carbonyl (C=O) groups excluding carboxylic acids is 5. The van der Waals surface area contributed by atoms with Crippen molar-refractivity contribution in [1.29, 1.82) is 0 Å². The highest BCUT2D eigenvalue weighted by Crippen LogP contribution is 2.26. The van der Waals surface area contributed by atoms with Crippen LogP contribution in [0.1, 0.15) is 64.7 Å². The number of hydrogen-bond donors (Lipinski definition) is 2. The molecule has 0 saturated carbocycles. The number of likely N-dealkylation sites (tertiary alicyclic amines) is 2. The molecule has 0 spiro atoms. The van der Waals surface area contributed by atoms with Crippen LogP contribution in [0.15, 0.2) is 60.7 Å². The molecule has 0 bridgehead atoms. The van der Waals surface area contributed by atoms with Gasteiger partial charge in [0.1, 0.15) is 12.4 Å². The van der Waals surface area contributed by atoms with Gasteiger partial charge >= 0.3 is 12.1 Å². The van der Waals surface area contributed by atoms with Gasteiger partial charge in [-0.1, -0.05) is 30.3 Å². The maximum absolute atomic E-state index is 14.2. The van der Waals surface area contributed by atoms with E-state index >= 15 is 0 Å². The number of amides is 4. The Labute approximate surface area is 347 Å². The molecule has 3 saturated heterocycles. The summed E-state index contributed by atoms with van der Waals surface area (Å²) in [5.41, 5.74) is 5.63. The Morgan fingerprint density at radius 3 is 2.27 bits per heavy atom. The number of esters is 1. The standard InChI is InChI=1S/C45H58N6O8/c1-32-28-34(29-33(2)42(32)54)30-40(59-45(57)50-20-16-38(17-21-50)51(31-52)19-15-35-8-4-5-9-39(35)46-3)43(55)49-24-22-47(23-25-49)37-13-11-36(12-14-37)44(56)58-27-26-48-18-7-6-10-41(48)53/h4-5,8-9,11-14,28-29,31,38,40,46,54H,6-7,10,15-27,30H2,1-3H3/t40-/m1/s1. The molecule has 0 unspecified atom stereocenters. The van der Waals surface area contributed by atoms with Gasteiger partial charge < -0.3 is 44.4 Å². The summed E-state index contributed by atoms with van der Waals surface area (Å²) in [7, 11) is 1.88. The molecule has 316 valence electrons. The van der Waals surface area contributed by atoms with Crippen molar-refractivity contribution < 1.29 is 38.6 Å². The fourth-order valence-electron chi connectivity index (χ4n) is 8.31. The van der Waals surface area contributed by atoms with Gasteiger partial charge in [0.25, 0.3) is 5.91 Å². The average Bonchev–Trinajstić information content (AvgIpc) is 3.26. The number of nitrogens with zero attached hydrogens (tertiary/aromatic N) is 5. The summed E-state index contributed by atoms with van der Waals surface area (Å²) in [6, 6.07) is 18.8. The Bertz CT molecular complexity index is 1920. The number of anilines is 2. The van der Waals surface area contributed by atoms with E-state index in [-0.39, 0.29) is 36.6 Å².